The monoisotopic (exact) mass is 241 g/mol. The Morgan fingerprint density at radius 2 is 2.06 bits per heavy atom. The summed E-state index contributed by atoms with van der Waals surface area (Å²) in [5, 5.41) is 12.9. The number of nitrogens with zero attached hydrogens (tertiary/aromatic N) is 2. The second kappa shape index (κ2) is 5.58. The largest absolute Gasteiger partial charge is 0.478 e. The number of aromatic carboxylic acids is 1. The highest BCUT2D eigenvalue weighted by Crippen LogP contribution is 2.10. The van der Waals surface area contributed by atoms with E-state index in [9.17, 15) is 4.79 Å². The van der Waals surface area contributed by atoms with Gasteiger partial charge in [-0.25, -0.2) is 4.79 Å². The minimum absolute atomic E-state index is 0.221. The van der Waals surface area contributed by atoms with E-state index >= 15 is 0 Å². The zero-order valence-electron chi connectivity index (χ0n) is 9.45. The number of anilines is 1. The Kier molecular flexibility index (Phi) is 3.66. The van der Waals surface area contributed by atoms with E-state index in [4.69, 9.17) is 5.11 Å². The summed E-state index contributed by atoms with van der Waals surface area (Å²) >= 11 is 0. The van der Waals surface area contributed by atoms with Gasteiger partial charge in [-0.1, -0.05) is 6.07 Å². The third-order valence-corrected chi connectivity index (χ3v) is 2.22. The number of pyridine rings is 1. The van der Waals surface area contributed by atoms with Gasteiger partial charge in [0, 0.05) is 12.4 Å². The van der Waals surface area contributed by atoms with Crippen LogP contribution in [0.2, 0.25) is 0 Å². The number of carboxylic acids is 1. The van der Waals surface area contributed by atoms with Crippen LogP contribution in [0, 0.1) is 0 Å². The lowest BCUT2D eigenvalue weighted by atomic mass is 10.2. The van der Waals surface area contributed by atoms with Crippen LogP contribution in [-0.4, -0.2) is 22.3 Å². The van der Waals surface area contributed by atoms with E-state index in [0.29, 0.717) is 5.69 Å². The molecule has 1 aromatic carbocycles. The van der Waals surface area contributed by atoms with E-state index in [1.165, 1.54) is 12.1 Å². The summed E-state index contributed by atoms with van der Waals surface area (Å²) in [6.45, 7) is 0. The average molecular weight is 241 g/mol. The molecule has 0 spiro atoms. The highest BCUT2D eigenvalue weighted by atomic mass is 16.4. The quantitative estimate of drug-likeness (QED) is 0.635. The Hall–Kier alpha value is -2.69. The number of benzene rings is 1. The lowest BCUT2D eigenvalue weighted by molar-refractivity contribution is 0.0697. The van der Waals surface area contributed by atoms with Crippen LogP contribution < -0.4 is 5.43 Å². The van der Waals surface area contributed by atoms with Crippen molar-refractivity contribution in [1.82, 2.24) is 4.98 Å². The number of hydrogen-bond acceptors (Lipinski definition) is 4. The maximum Gasteiger partial charge on any atom is 0.335 e. The molecule has 1 aromatic heterocycles. The second-order valence-electron chi connectivity index (χ2n) is 3.54. The Morgan fingerprint density at radius 1 is 1.28 bits per heavy atom. The van der Waals surface area contributed by atoms with Crippen LogP contribution in [0.25, 0.3) is 0 Å². The lowest BCUT2D eigenvalue weighted by Gasteiger charge is -2.01. The van der Waals surface area contributed by atoms with Gasteiger partial charge < -0.3 is 5.11 Å². The van der Waals surface area contributed by atoms with E-state index in [1.807, 2.05) is 12.1 Å². The summed E-state index contributed by atoms with van der Waals surface area (Å²) in [5.74, 6) is -0.961. The van der Waals surface area contributed by atoms with E-state index < -0.39 is 5.97 Å². The van der Waals surface area contributed by atoms with Crippen LogP contribution in [-0.2, 0) is 0 Å². The molecule has 0 aliphatic heterocycles. The Morgan fingerprint density at radius 3 is 2.78 bits per heavy atom. The molecule has 5 nitrogen and oxygen atoms in total. The van der Waals surface area contributed by atoms with Gasteiger partial charge in [0.25, 0.3) is 0 Å². The lowest BCUT2D eigenvalue weighted by Crippen LogP contribution is -1.97. The molecule has 5 heteroatoms. The third-order valence-electron chi connectivity index (χ3n) is 2.22. The van der Waals surface area contributed by atoms with Gasteiger partial charge in [0.05, 0.1) is 17.5 Å². The maximum atomic E-state index is 10.8. The van der Waals surface area contributed by atoms with Gasteiger partial charge in [-0.2, -0.15) is 5.10 Å². The van der Waals surface area contributed by atoms with Crippen molar-refractivity contribution in [3.05, 3.63) is 59.9 Å². The fraction of sp³-hybridized carbons (Fsp3) is 0. The van der Waals surface area contributed by atoms with Crippen LogP contribution in [0.5, 0.6) is 0 Å². The molecule has 2 rings (SSSR count). The summed E-state index contributed by atoms with van der Waals surface area (Å²) in [4.78, 5) is 14.7. The molecule has 0 atom stereocenters. The number of rotatable bonds is 4. The first-order chi connectivity index (χ1) is 8.75. The van der Waals surface area contributed by atoms with Crippen molar-refractivity contribution in [2.24, 2.45) is 5.10 Å². The van der Waals surface area contributed by atoms with Crippen molar-refractivity contribution in [3.63, 3.8) is 0 Å². The zero-order chi connectivity index (χ0) is 12.8. The predicted octanol–water partition coefficient (Wildman–Crippen LogP) is 2.23. The molecule has 2 aromatic rings. The smallest absolute Gasteiger partial charge is 0.335 e. The topological polar surface area (TPSA) is 74.6 Å². The fourth-order valence-corrected chi connectivity index (χ4v) is 1.35. The first kappa shape index (κ1) is 11.8. The number of hydrazone groups is 1. The first-order valence-corrected chi connectivity index (χ1v) is 5.28. The number of aromatic nitrogens is 1. The third kappa shape index (κ3) is 3.15. The van der Waals surface area contributed by atoms with Crippen LogP contribution in [0.3, 0.4) is 0 Å². The highest BCUT2D eigenvalue weighted by Gasteiger charge is 2.01. The number of hydrogen-bond donors (Lipinski definition) is 2. The molecule has 1 heterocycles. The molecule has 0 fully saturated rings. The van der Waals surface area contributed by atoms with Crippen molar-refractivity contribution < 1.29 is 9.90 Å². The minimum atomic E-state index is -0.961. The number of carbonyl (C=O) groups is 1. The van der Waals surface area contributed by atoms with E-state index in [0.717, 1.165) is 5.56 Å². The molecule has 18 heavy (non-hydrogen) atoms. The minimum Gasteiger partial charge on any atom is -0.478 e. The van der Waals surface area contributed by atoms with E-state index in [1.54, 1.807) is 30.7 Å². The molecule has 0 bridgehead atoms. The van der Waals surface area contributed by atoms with Crippen LogP contribution >= 0.6 is 0 Å². The Bertz CT molecular complexity index is 567. The fourth-order valence-electron chi connectivity index (χ4n) is 1.35. The maximum absolute atomic E-state index is 10.8. The highest BCUT2D eigenvalue weighted by molar-refractivity contribution is 5.88. The van der Waals surface area contributed by atoms with Gasteiger partial charge in [0.1, 0.15) is 0 Å². The van der Waals surface area contributed by atoms with Crippen molar-refractivity contribution in [1.29, 1.82) is 0 Å². The van der Waals surface area contributed by atoms with E-state index in [2.05, 4.69) is 15.5 Å². The normalized spacial score (nSPS) is 10.4. The molecule has 90 valence electrons. The second-order valence-corrected chi connectivity index (χ2v) is 3.54. The Balaban J connectivity index is 2.04. The summed E-state index contributed by atoms with van der Waals surface area (Å²) in [7, 11) is 0. The SMILES string of the molecule is O=C(O)c1cccc(N/N=C/c2ccncc2)c1. The molecule has 0 amide bonds. The molecule has 0 aliphatic carbocycles. The number of carboxylic acid groups (broad SMARTS) is 1. The summed E-state index contributed by atoms with van der Waals surface area (Å²) in [5.41, 5.74) is 4.53. The molecule has 0 saturated heterocycles. The molecule has 2 N–H and O–H groups in total. The average Bonchev–Trinajstić information content (AvgIpc) is 2.40. The first-order valence-electron chi connectivity index (χ1n) is 5.28. The van der Waals surface area contributed by atoms with Gasteiger partial charge >= 0.3 is 5.97 Å². The van der Waals surface area contributed by atoms with Gasteiger partial charge in [-0.3, -0.25) is 10.4 Å². The van der Waals surface area contributed by atoms with Crippen LogP contribution in [0.4, 0.5) is 5.69 Å². The summed E-state index contributed by atoms with van der Waals surface area (Å²) in [6, 6.07) is 10.1. The van der Waals surface area contributed by atoms with E-state index in [-0.39, 0.29) is 5.56 Å². The Labute approximate surface area is 104 Å². The van der Waals surface area contributed by atoms with Gasteiger partial charge in [0.2, 0.25) is 0 Å². The van der Waals surface area contributed by atoms with Crippen molar-refractivity contribution in [3.8, 4) is 0 Å². The molecule has 0 radical (unpaired) electrons. The van der Waals surface area contributed by atoms with Crippen LogP contribution in [0.15, 0.2) is 53.9 Å². The van der Waals surface area contributed by atoms with Crippen molar-refractivity contribution >= 4 is 17.9 Å². The van der Waals surface area contributed by atoms with Crippen LogP contribution in [0.1, 0.15) is 15.9 Å². The van der Waals surface area contributed by atoms with Gasteiger partial charge in [-0.15, -0.1) is 0 Å². The van der Waals surface area contributed by atoms with Crippen molar-refractivity contribution in [2.75, 3.05) is 5.43 Å². The standard InChI is InChI=1S/C13H11N3O2/c17-13(18)11-2-1-3-12(8-11)16-15-9-10-4-6-14-7-5-10/h1-9,16H,(H,17,18)/b15-9+. The molecule has 0 aliphatic rings. The molecular weight excluding hydrogens is 230 g/mol. The molecule has 0 unspecified atom stereocenters. The molecule has 0 saturated carbocycles. The predicted molar refractivity (Wildman–Crippen MR) is 68.9 cm³/mol. The van der Waals surface area contributed by atoms with Crippen molar-refractivity contribution in [2.45, 2.75) is 0 Å². The molecular formula is C13H11N3O2. The number of nitrogens with one attached hydrogen (secondary N) is 1. The van der Waals surface area contributed by atoms with Gasteiger partial charge in [0.15, 0.2) is 0 Å². The summed E-state index contributed by atoms with van der Waals surface area (Å²) in [6.07, 6.45) is 4.98. The van der Waals surface area contributed by atoms with Gasteiger partial charge in [-0.05, 0) is 35.9 Å². The zero-order valence-corrected chi connectivity index (χ0v) is 9.45. The summed E-state index contributed by atoms with van der Waals surface area (Å²) < 4.78 is 0.